The Balaban J connectivity index is 1.72. The van der Waals surface area contributed by atoms with Crippen molar-refractivity contribution in [3.63, 3.8) is 0 Å². The monoisotopic (exact) mass is 425 g/mol. The summed E-state index contributed by atoms with van der Waals surface area (Å²) >= 11 is 6.23. The fourth-order valence-electron chi connectivity index (χ4n) is 3.73. The van der Waals surface area contributed by atoms with Gasteiger partial charge in [-0.2, -0.15) is 5.10 Å². The third-order valence-electron chi connectivity index (χ3n) is 5.43. The lowest BCUT2D eigenvalue weighted by molar-refractivity contribution is 0.102. The van der Waals surface area contributed by atoms with Gasteiger partial charge in [0.2, 0.25) is 0 Å². The molecule has 1 fully saturated rings. The molecule has 0 saturated carbocycles. The summed E-state index contributed by atoms with van der Waals surface area (Å²) in [6.07, 6.45) is 0. The molecule has 2 aromatic carbocycles. The van der Waals surface area contributed by atoms with Crippen LogP contribution in [0.1, 0.15) is 17.4 Å². The highest BCUT2D eigenvalue weighted by atomic mass is 35.5. The smallest absolute Gasteiger partial charge is 0.276 e. The van der Waals surface area contributed by atoms with E-state index in [1.54, 1.807) is 30.3 Å². The van der Waals surface area contributed by atoms with Gasteiger partial charge in [0, 0.05) is 43.1 Å². The Kier molecular flexibility index (Phi) is 5.74. The minimum absolute atomic E-state index is 0.203. The van der Waals surface area contributed by atoms with E-state index in [0.717, 1.165) is 31.9 Å². The lowest BCUT2D eigenvalue weighted by Gasteiger charge is -2.35. The summed E-state index contributed by atoms with van der Waals surface area (Å²) in [5, 5.41) is 8.86. The predicted octanol–water partition coefficient (Wildman–Crippen LogP) is 3.07. The number of anilines is 2. The Labute approximate surface area is 179 Å². The topological polar surface area (TPSA) is 70.5 Å². The molecule has 30 heavy (non-hydrogen) atoms. The number of nitrogens with zero attached hydrogens (tertiary/aromatic N) is 4. The molecule has 8 heteroatoms. The summed E-state index contributed by atoms with van der Waals surface area (Å²) in [5.74, 6) is -0.369. The second kappa shape index (κ2) is 8.45. The van der Waals surface area contributed by atoms with Crippen molar-refractivity contribution >= 4 is 39.7 Å². The lowest BCUT2D eigenvalue weighted by Crippen LogP contribution is -2.44. The fraction of sp³-hybridized carbons (Fsp3) is 0.318. The van der Waals surface area contributed by atoms with Gasteiger partial charge in [-0.25, -0.2) is 4.68 Å². The third kappa shape index (κ3) is 3.91. The van der Waals surface area contributed by atoms with Crippen LogP contribution in [-0.2, 0) is 6.54 Å². The van der Waals surface area contributed by atoms with E-state index in [2.05, 4.69) is 27.3 Å². The molecule has 4 rings (SSSR count). The Morgan fingerprint density at radius 3 is 2.50 bits per heavy atom. The van der Waals surface area contributed by atoms with Crippen LogP contribution in [0.2, 0.25) is 5.02 Å². The van der Waals surface area contributed by atoms with E-state index >= 15 is 0 Å². The predicted molar refractivity (Wildman–Crippen MR) is 121 cm³/mol. The maximum absolute atomic E-state index is 13.2. The molecule has 1 aliphatic heterocycles. The van der Waals surface area contributed by atoms with Crippen LogP contribution in [-0.4, -0.2) is 53.8 Å². The van der Waals surface area contributed by atoms with Gasteiger partial charge in [-0.3, -0.25) is 9.59 Å². The van der Waals surface area contributed by atoms with Crippen molar-refractivity contribution < 1.29 is 4.79 Å². The van der Waals surface area contributed by atoms with Gasteiger partial charge in [-0.05, 0) is 38.2 Å². The van der Waals surface area contributed by atoms with Gasteiger partial charge in [-0.1, -0.05) is 29.8 Å². The highest BCUT2D eigenvalue weighted by Crippen LogP contribution is 2.30. The van der Waals surface area contributed by atoms with Crippen molar-refractivity contribution in [2.75, 3.05) is 43.4 Å². The van der Waals surface area contributed by atoms with Gasteiger partial charge >= 0.3 is 0 Å². The normalized spacial score (nSPS) is 14.8. The third-order valence-corrected chi connectivity index (χ3v) is 5.67. The molecule has 1 aromatic heterocycles. The molecular weight excluding hydrogens is 402 g/mol. The van der Waals surface area contributed by atoms with Crippen LogP contribution in [0.25, 0.3) is 10.8 Å². The molecular formula is C22H24ClN5O2. The number of hydrogen-bond donors (Lipinski definition) is 1. The number of carbonyl (C=O) groups is 1. The van der Waals surface area contributed by atoms with E-state index < -0.39 is 0 Å². The standard InChI is InChI=1S/C22H24ClN5O2/c1-3-28-22(30)17-7-5-4-6-16(17)20(25-28)21(29)24-18-14-15(23)8-9-19(18)27-12-10-26(2)11-13-27/h4-9,14H,3,10-13H2,1-2H3,(H,24,29). The average molecular weight is 426 g/mol. The van der Waals surface area contributed by atoms with Crippen LogP contribution in [0.15, 0.2) is 47.3 Å². The van der Waals surface area contributed by atoms with Crippen molar-refractivity contribution in [3.8, 4) is 0 Å². The Bertz CT molecular complexity index is 1150. The zero-order valence-electron chi connectivity index (χ0n) is 17.1. The summed E-state index contributed by atoms with van der Waals surface area (Å²) in [5.41, 5.74) is 1.58. The van der Waals surface area contributed by atoms with Crippen LogP contribution < -0.4 is 15.8 Å². The zero-order chi connectivity index (χ0) is 21.3. The van der Waals surface area contributed by atoms with Crippen LogP contribution in [0.5, 0.6) is 0 Å². The van der Waals surface area contributed by atoms with E-state index in [1.165, 1.54) is 4.68 Å². The summed E-state index contributed by atoms with van der Waals surface area (Å²) in [7, 11) is 2.10. The number of aryl methyl sites for hydroxylation is 1. The van der Waals surface area contributed by atoms with Gasteiger partial charge in [0.25, 0.3) is 11.5 Å². The molecule has 2 heterocycles. The SMILES string of the molecule is CCn1nc(C(=O)Nc2cc(Cl)ccc2N2CCN(C)CC2)c2ccccc2c1=O. The minimum atomic E-state index is -0.369. The van der Waals surface area contributed by atoms with Gasteiger partial charge < -0.3 is 15.1 Å². The summed E-state index contributed by atoms with van der Waals surface area (Å²) in [6, 6.07) is 12.6. The number of nitrogens with one attached hydrogen (secondary N) is 1. The fourth-order valence-corrected chi connectivity index (χ4v) is 3.90. The number of halogens is 1. The van der Waals surface area contributed by atoms with Crippen LogP contribution in [0.4, 0.5) is 11.4 Å². The van der Waals surface area contributed by atoms with Crippen molar-refractivity contribution in [1.82, 2.24) is 14.7 Å². The Morgan fingerprint density at radius 1 is 1.10 bits per heavy atom. The summed E-state index contributed by atoms with van der Waals surface area (Å²) in [4.78, 5) is 30.3. The molecule has 1 aliphatic rings. The molecule has 1 N–H and O–H groups in total. The van der Waals surface area contributed by atoms with Gasteiger partial charge in [0.1, 0.15) is 0 Å². The number of piperazine rings is 1. The largest absolute Gasteiger partial charge is 0.367 e. The van der Waals surface area contributed by atoms with E-state index in [0.29, 0.717) is 28.0 Å². The van der Waals surface area contributed by atoms with Crippen LogP contribution >= 0.6 is 11.6 Å². The number of rotatable bonds is 4. The number of hydrogen-bond acceptors (Lipinski definition) is 5. The maximum atomic E-state index is 13.2. The molecule has 156 valence electrons. The van der Waals surface area contributed by atoms with Crippen LogP contribution in [0.3, 0.4) is 0 Å². The highest BCUT2D eigenvalue weighted by molar-refractivity contribution is 6.31. The van der Waals surface area contributed by atoms with Gasteiger partial charge in [-0.15, -0.1) is 0 Å². The van der Waals surface area contributed by atoms with E-state index in [1.807, 2.05) is 19.1 Å². The first-order valence-corrected chi connectivity index (χ1v) is 10.4. The van der Waals surface area contributed by atoms with Crippen molar-refractivity contribution in [2.24, 2.45) is 0 Å². The first-order chi connectivity index (χ1) is 14.5. The molecule has 0 bridgehead atoms. The van der Waals surface area contributed by atoms with E-state index in [4.69, 9.17) is 11.6 Å². The zero-order valence-corrected chi connectivity index (χ0v) is 17.8. The number of aromatic nitrogens is 2. The average Bonchev–Trinajstić information content (AvgIpc) is 2.75. The number of carbonyl (C=O) groups excluding carboxylic acids is 1. The van der Waals surface area contributed by atoms with Gasteiger partial charge in [0.15, 0.2) is 5.69 Å². The number of amides is 1. The van der Waals surface area contributed by atoms with Crippen molar-refractivity contribution in [2.45, 2.75) is 13.5 Å². The van der Waals surface area contributed by atoms with E-state index in [9.17, 15) is 9.59 Å². The lowest BCUT2D eigenvalue weighted by atomic mass is 10.1. The molecule has 0 unspecified atom stereocenters. The molecule has 0 aliphatic carbocycles. The number of benzene rings is 2. The first kappa shape index (κ1) is 20.4. The van der Waals surface area contributed by atoms with Crippen molar-refractivity contribution in [1.29, 1.82) is 0 Å². The minimum Gasteiger partial charge on any atom is -0.367 e. The molecule has 1 amide bonds. The molecule has 7 nitrogen and oxygen atoms in total. The quantitative estimate of drug-likeness (QED) is 0.695. The molecule has 1 saturated heterocycles. The number of fused-ring (bicyclic) bond motifs is 1. The second-order valence-corrected chi connectivity index (χ2v) is 7.86. The maximum Gasteiger partial charge on any atom is 0.276 e. The van der Waals surface area contributed by atoms with E-state index in [-0.39, 0.29) is 17.2 Å². The van der Waals surface area contributed by atoms with Gasteiger partial charge in [0.05, 0.1) is 16.8 Å². The summed E-state index contributed by atoms with van der Waals surface area (Å²) < 4.78 is 1.32. The first-order valence-electron chi connectivity index (χ1n) is 10.0. The number of likely N-dealkylation sites (N-methyl/N-ethyl adjacent to an activating group) is 1. The molecule has 0 radical (unpaired) electrons. The van der Waals surface area contributed by atoms with Crippen LogP contribution in [0, 0.1) is 0 Å². The molecule has 3 aromatic rings. The Hall–Kier alpha value is -2.90. The summed E-state index contributed by atoms with van der Waals surface area (Å²) in [6.45, 7) is 5.83. The molecule has 0 spiro atoms. The second-order valence-electron chi connectivity index (χ2n) is 7.42. The highest BCUT2D eigenvalue weighted by Gasteiger charge is 2.21. The Morgan fingerprint density at radius 2 is 1.80 bits per heavy atom. The molecule has 0 atom stereocenters. The van der Waals surface area contributed by atoms with Crippen molar-refractivity contribution in [3.05, 3.63) is 63.5 Å².